The second kappa shape index (κ2) is 5.19. The molecule has 0 saturated carbocycles. The van der Waals surface area contributed by atoms with Crippen molar-refractivity contribution in [1.29, 1.82) is 0 Å². The Kier molecular flexibility index (Phi) is 3.85. The Labute approximate surface area is 108 Å². The first kappa shape index (κ1) is 12.6. The molecule has 0 aliphatic carbocycles. The van der Waals surface area contributed by atoms with Crippen molar-refractivity contribution in [1.82, 2.24) is 4.90 Å². The summed E-state index contributed by atoms with van der Waals surface area (Å²) in [6, 6.07) is 7.67. The topological polar surface area (TPSA) is 20.3 Å². The number of benzene rings is 1. The van der Waals surface area contributed by atoms with Gasteiger partial charge in [0, 0.05) is 16.6 Å². The van der Waals surface area contributed by atoms with Gasteiger partial charge in [-0.25, -0.2) is 0 Å². The normalized spacial score (nSPS) is 22.6. The number of carbonyl (C=O) groups is 1. The van der Waals surface area contributed by atoms with Gasteiger partial charge in [0.25, 0.3) is 0 Å². The molecule has 1 aliphatic heterocycles. The number of halogens is 1. The molecule has 92 valence electrons. The fourth-order valence-corrected chi connectivity index (χ4v) is 2.75. The van der Waals surface area contributed by atoms with Crippen LogP contribution in [0.25, 0.3) is 0 Å². The monoisotopic (exact) mass is 251 g/mol. The molecule has 2 nitrogen and oxygen atoms in total. The van der Waals surface area contributed by atoms with Crippen LogP contribution in [0.1, 0.15) is 37.0 Å². The van der Waals surface area contributed by atoms with Gasteiger partial charge in [0.15, 0.2) is 5.78 Å². The van der Waals surface area contributed by atoms with Crippen LogP contribution in [0.5, 0.6) is 0 Å². The number of nitrogens with zero attached hydrogens (tertiary/aromatic N) is 1. The maximum absolute atomic E-state index is 12.3. The summed E-state index contributed by atoms with van der Waals surface area (Å²) >= 11 is 5.92. The molecule has 2 atom stereocenters. The number of hydrogen-bond acceptors (Lipinski definition) is 2. The van der Waals surface area contributed by atoms with Crippen LogP contribution in [0.2, 0.25) is 5.02 Å². The highest BCUT2D eigenvalue weighted by molar-refractivity contribution is 6.31. The largest absolute Gasteiger partial charge is 0.292 e. The molecule has 0 aromatic heterocycles. The third-order valence-electron chi connectivity index (χ3n) is 3.59. The smallest absolute Gasteiger partial charge is 0.179 e. The third kappa shape index (κ3) is 2.70. The van der Waals surface area contributed by atoms with Crippen LogP contribution in [-0.2, 0) is 0 Å². The van der Waals surface area contributed by atoms with Gasteiger partial charge >= 0.3 is 0 Å². The number of rotatable bonds is 3. The lowest BCUT2D eigenvalue weighted by atomic mass is 10.0. The maximum atomic E-state index is 12.3. The molecular formula is C14H18ClNO. The Morgan fingerprint density at radius 2 is 2.29 bits per heavy atom. The van der Waals surface area contributed by atoms with E-state index in [1.807, 2.05) is 19.1 Å². The summed E-state index contributed by atoms with van der Waals surface area (Å²) in [4.78, 5) is 14.6. The highest BCUT2D eigenvalue weighted by atomic mass is 35.5. The molecule has 17 heavy (non-hydrogen) atoms. The van der Waals surface area contributed by atoms with Crippen molar-refractivity contribution in [3.8, 4) is 0 Å². The fourth-order valence-electron chi connectivity index (χ4n) is 2.56. The summed E-state index contributed by atoms with van der Waals surface area (Å²) in [5.41, 5.74) is 0.712. The van der Waals surface area contributed by atoms with Crippen LogP contribution in [0, 0.1) is 0 Å². The Hall–Kier alpha value is -0.860. The summed E-state index contributed by atoms with van der Waals surface area (Å²) in [6.45, 7) is 5.20. The summed E-state index contributed by atoms with van der Waals surface area (Å²) in [5, 5.41) is 0.623. The fraction of sp³-hybridized carbons (Fsp3) is 0.500. The van der Waals surface area contributed by atoms with Gasteiger partial charge in [0.1, 0.15) is 0 Å². The van der Waals surface area contributed by atoms with Gasteiger partial charge < -0.3 is 0 Å². The molecule has 0 N–H and O–H groups in total. The van der Waals surface area contributed by atoms with Crippen molar-refractivity contribution >= 4 is 17.4 Å². The number of carbonyl (C=O) groups excluding carboxylic acids is 1. The number of hydrogen-bond donors (Lipinski definition) is 0. The summed E-state index contributed by atoms with van der Waals surface area (Å²) in [7, 11) is 0. The molecule has 2 rings (SSSR count). The van der Waals surface area contributed by atoms with Gasteiger partial charge in [0.2, 0.25) is 0 Å². The van der Waals surface area contributed by atoms with E-state index in [9.17, 15) is 4.79 Å². The Morgan fingerprint density at radius 3 is 2.88 bits per heavy atom. The van der Waals surface area contributed by atoms with Crippen LogP contribution >= 0.6 is 11.6 Å². The molecule has 1 heterocycles. The van der Waals surface area contributed by atoms with E-state index in [2.05, 4.69) is 11.8 Å². The number of likely N-dealkylation sites (tertiary alicyclic amines) is 1. The molecule has 1 aromatic rings. The van der Waals surface area contributed by atoms with Gasteiger partial charge in [0.05, 0.1) is 6.04 Å². The minimum atomic E-state index is -0.0500. The highest BCUT2D eigenvalue weighted by Crippen LogP contribution is 2.22. The van der Waals surface area contributed by atoms with Crippen LogP contribution in [0.3, 0.4) is 0 Å². The van der Waals surface area contributed by atoms with E-state index in [1.54, 1.807) is 12.1 Å². The Balaban J connectivity index is 2.14. The summed E-state index contributed by atoms with van der Waals surface area (Å²) < 4.78 is 0. The molecule has 1 aromatic carbocycles. The molecular weight excluding hydrogens is 234 g/mol. The zero-order valence-electron chi connectivity index (χ0n) is 10.3. The van der Waals surface area contributed by atoms with Crippen molar-refractivity contribution in [2.45, 2.75) is 38.8 Å². The van der Waals surface area contributed by atoms with E-state index in [-0.39, 0.29) is 11.8 Å². The number of Topliss-reactive ketones (excluding diaryl/α,β-unsaturated/α-hetero) is 1. The highest BCUT2D eigenvalue weighted by Gasteiger charge is 2.29. The maximum Gasteiger partial charge on any atom is 0.179 e. The second-order valence-electron chi connectivity index (χ2n) is 4.78. The van der Waals surface area contributed by atoms with Crippen LogP contribution in [0.4, 0.5) is 0 Å². The minimum absolute atomic E-state index is 0.0500. The second-order valence-corrected chi connectivity index (χ2v) is 5.22. The average molecular weight is 252 g/mol. The zero-order valence-corrected chi connectivity index (χ0v) is 11.1. The zero-order chi connectivity index (χ0) is 12.4. The minimum Gasteiger partial charge on any atom is -0.292 e. The molecule has 0 spiro atoms. The van der Waals surface area contributed by atoms with Gasteiger partial charge in [-0.15, -0.1) is 0 Å². The predicted octanol–water partition coefficient (Wildman–Crippen LogP) is 3.40. The van der Waals surface area contributed by atoms with Crippen molar-refractivity contribution in [3.05, 3.63) is 34.9 Å². The van der Waals surface area contributed by atoms with Gasteiger partial charge in [-0.3, -0.25) is 9.69 Å². The van der Waals surface area contributed by atoms with Gasteiger partial charge in [-0.05, 0) is 45.4 Å². The standard InChI is InChI=1S/C14H18ClNO/c1-10-5-4-8-16(10)11(2)14(17)12-6-3-7-13(15)9-12/h3,6-7,9-11H,4-5,8H2,1-2H3. The Bertz CT molecular complexity index is 418. The lowest BCUT2D eigenvalue weighted by Gasteiger charge is -2.27. The molecule has 2 unspecified atom stereocenters. The lowest BCUT2D eigenvalue weighted by Crippen LogP contribution is -2.40. The van der Waals surface area contributed by atoms with Crippen LogP contribution in [-0.4, -0.2) is 29.3 Å². The molecule has 0 bridgehead atoms. The van der Waals surface area contributed by atoms with Gasteiger partial charge in [-0.1, -0.05) is 23.7 Å². The molecule has 0 amide bonds. The third-order valence-corrected chi connectivity index (χ3v) is 3.83. The van der Waals surface area contributed by atoms with Crippen LogP contribution in [0.15, 0.2) is 24.3 Å². The molecule has 3 heteroatoms. The molecule has 0 radical (unpaired) electrons. The van der Waals surface area contributed by atoms with E-state index >= 15 is 0 Å². The number of ketones is 1. The summed E-state index contributed by atoms with van der Waals surface area (Å²) in [6.07, 6.45) is 2.38. The first-order chi connectivity index (χ1) is 8.09. The first-order valence-corrected chi connectivity index (χ1v) is 6.53. The van der Waals surface area contributed by atoms with Crippen LogP contribution < -0.4 is 0 Å². The van der Waals surface area contributed by atoms with E-state index in [0.717, 1.165) is 6.54 Å². The predicted molar refractivity (Wildman–Crippen MR) is 70.6 cm³/mol. The van der Waals surface area contributed by atoms with E-state index in [1.165, 1.54) is 12.8 Å². The van der Waals surface area contributed by atoms with Gasteiger partial charge in [-0.2, -0.15) is 0 Å². The summed E-state index contributed by atoms with van der Waals surface area (Å²) in [5.74, 6) is 0.168. The van der Waals surface area contributed by atoms with Crippen molar-refractivity contribution in [2.24, 2.45) is 0 Å². The molecule has 1 aliphatic rings. The quantitative estimate of drug-likeness (QED) is 0.768. The van der Waals surface area contributed by atoms with E-state index in [0.29, 0.717) is 16.6 Å². The van der Waals surface area contributed by atoms with E-state index < -0.39 is 0 Å². The molecule has 1 saturated heterocycles. The van der Waals surface area contributed by atoms with E-state index in [4.69, 9.17) is 11.6 Å². The Morgan fingerprint density at radius 1 is 1.53 bits per heavy atom. The lowest BCUT2D eigenvalue weighted by molar-refractivity contribution is 0.0829. The van der Waals surface area contributed by atoms with Crippen molar-refractivity contribution < 1.29 is 4.79 Å². The first-order valence-electron chi connectivity index (χ1n) is 6.15. The average Bonchev–Trinajstić information content (AvgIpc) is 2.73. The van der Waals surface area contributed by atoms with Crippen molar-refractivity contribution in [3.63, 3.8) is 0 Å². The molecule has 1 fully saturated rings. The van der Waals surface area contributed by atoms with Crippen molar-refractivity contribution in [2.75, 3.05) is 6.54 Å². The SMILES string of the molecule is CC1CCCN1C(C)C(=O)c1cccc(Cl)c1.